The fraction of sp³-hybridized carbons (Fsp3) is 0.222. The minimum atomic E-state index is -3.18. The minimum absolute atomic E-state index is 0.00606. The van der Waals surface area contributed by atoms with E-state index in [0.717, 1.165) is 16.2 Å². The Labute approximate surface area is 236 Å². The molecule has 1 heterocycles. The van der Waals surface area contributed by atoms with Gasteiger partial charge in [0.15, 0.2) is 11.4 Å². The SMILES string of the molecule is CCSC1=C(OCc2ccccc2)C=CC(C)C(Oc2c(Cl)cc(-n3nc(C(F)F)c(=O)[nH]c3=O)cc2Cl)=C1. The number of ether oxygens (including phenoxy) is 2. The standard InChI is InChI=1S/C27H23Cl2F2N3O4S/c1-3-39-22-13-21(15(2)9-10-20(22)37-14-16-7-5-4-6-8-16)38-24-18(28)11-17(12-19(24)29)34-27(36)32-26(35)23(33-34)25(30)31/h4-13,15,25H,3,14H2,1-2H3,(H,32,35,36). The van der Waals surface area contributed by atoms with E-state index in [1.54, 1.807) is 11.8 Å². The predicted molar refractivity (Wildman–Crippen MR) is 149 cm³/mol. The smallest absolute Gasteiger partial charge is 0.349 e. The first-order chi connectivity index (χ1) is 18.7. The zero-order valence-corrected chi connectivity index (χ0v) is 23.1. The summed E-state index contributed by atoms with van der Waals surface area (Å²) in [5.41, 5.74) is -2.39. The van der Waals surface area contributed by atoms with E-state index in [1.807, 2.05) is 67.4 Å². The molecule has 1 atom stereocenters. The Morgan fingerprint density at radius 2 is 1.85 bits per heavy atom. The molecule has 7 nitrogen and oxygen atoms in total. The number of nitrogens with zero attached hydrogens (tertiary/aromatic N) is 2. The van der Waals surface area contributed by atoms with E-state index >= 15 is 0 Å². The Bertz CT molecular complexity index is 1550. The summed E-state index contributed by atoms with van der Waals surface area (Å²) in [6.07, 6.45) is 2.51. The van der Waals surface area contributed by atoms with Gasteiger partial charge < -0.3 is 9.47 Å². The molecule has 1 aromatic heterocycles. The fourth-order valence-electron chi connectivity index (χ4n) is 3.60. The van der Waals surface area contributed by atoms with E-state index in [1.165, 1.54) is 12.1 Å². The van der Waals surface area contributed by atoms with E-state index in [-0.39, 0.29) is 27.4 Å². The lowest BCUT2D eigenvalue weighted by Crippen LogP contribution is -2.34. The summed E-state index contributed by atoms with van der Waals surface area (Å²) in [6.45, 7) is 4.36. The van der Waals surface area contributed by atoms with Gasteiger partial charge in [-0.15, -0.1) is 11.8 Å². The third-order valence-corrected chi connectivity index (χ3v) is 7.03. The lowest BCUT2D eigenvalue weighted by atomic mass is 10.1. The van der Waals surface area contributed by atoms with Gasteiger partial charge in [0, 0.05) is 5.92 Å². The summed E-state index contributed by atoms with van der Waals surface area (Å²) >= 11 is 14.5. The molecule has 39 heavy (non-hydrogen) atoms. The lowest BCUT2D eigenvalue weighted by molar-refractivity contribution is 0.141. The first kappa shape index (κ1) is 28.7. The number of H-pyrrole nitrogens is 1. The Morgan fingerprint density at radius 3 is 2.49 bits per heavy atom. The van der Waals surface area contributed by atoms with Gasteiger partial charge in [-0.3, -0.25) is 9.78 Å². The molecule has 0 saturated heterocycles. The van der Waals surface area contributed by atoms with Crippen LogP contribution in [-0.2, 0) is 11.3 Å². The van der Waals surface area contributed by atoms with Gasteiger partial charge >= 0.3 is 5.69 Å². The van der Waals surface area contributed by atoms with E-state index in [2.05, 4.69) is 5.10 Å². The molecule has 0 spiro atoms. The number of aromatic nitrogens is 3. The molecular formula is C27H23Cl2F2N3O4S. The van der Waals surface area contributed by atoms with Crippen LogP contribution in [0.5, 0.6) is 5.75 Å². The Kier molecular flexibility index (Phi) is 9.32. The Balaban J connectivity index is 1.66. The third kappa shape index (κ3) is 6.81. The summed E-state index contributed by atoms with van der Waals surface area (Å²) in [5, 5.41) is 3.49. The normalized spacial score (nSPS) is 15.4. The van der Waals surface area contributed by atoms with E-state index in [0.29, 0.717) is 22.8 Å². The topological polar surface area (TPSA) is 86.2 Å². The average molecular weight is 594 g/mol. The molecule has 204 valence electrons. The highest BCUT2D eigenvalue weighted by atomic mass is 35.5. The molecule has 1 unspecified atom stereocenters. The van der Waals surface area contributed by atoms with Crippen molar-refractivity contribution in [2.75, 3.05) is 5.75 Å². The number of alkyl halides is 2. The van der Waals surface area contributed by atoms with E-state index in [4.69, 9.17) is 32.7 Å². The second-order valence-electron chi connectivity index (χ2n) is 8.33. The van der Waals surface area contributed by atoms with Crippen molar-refractivity contribution in [3.05, 3.63) is 119 Å². The van der Waals surface area contributed by atoms with Crippen molar-refractivity contribution in [1.29, 1.82) is 0 Å². The number of benzene rings is 2. The van der Waals surface area contributed by atoms with Crippen molar-refractivity contribution < 1.29 is 18.3 Å². The Morgan fingerprint density at radius 1 is 1.15 bits per heavy atom. The molecule has 1 N–H and O–H groups in total. The fourth-order valence-corrected chi connectivity index (χ4v) is 4.93. The number of allylic oxidation sites excluding steroid dienone is 3. The van der Waals surface area contributed by atoms with Crippen LogP contribution in [0.3, 0.4) is 0 Å². The Hall–Kier alpha value is -3.34. The molecule has 2 aromatic carbocycles. The van der Waals surface area contributed by atoms with E-state index < -0.39 is 23.4 Å². The van der Waals surface area contributed by atoms with Crippen molar-refractivity contribution in [3.63, 3.8) is 0 Å². The van der Waals surface area contributed by atoms with Gasteiger partial charge in [-0.05, 0) is 35.6 Å². The van der Waals surface area contributed by atoms with Crippen LogP contribution in [-0.4, -0.2) is 20.5 Å². The van der Waals surface area contributed by atoms with Crippen molar-refractivity contribution in [1.82, 2.24) is 14.8 Å². The molecule has 0 bridgehead atoms. The highest BCUT2D eigenvalue weighted by molar-refractivity contribution is 8.03. The average Bonchev–Trinajstić information content (AvgIpc) is 3.03. The quantitative estimate of drug-likeness (QED) is 0.293. The van der Waals surface area contributed by atoms with Gasteiger partial charge in [0.25, 0.3) is 12.0 Å². The largest absolute Gasteiger partial charge is 0.488 e. The molecule has 0 aliphatic heterocycles. The third-order valence-electron chi connectivity index (χ3n) is 5.55. The number of hydrogen-bond donors (Lipinski definition) is 1. The molecule has 1 aliphatic rings. The first-order valence-electron chi connectivity index (χ1n) is 11.8. The number of thioether (sulfide) groups is 1. The van der Waals surface area contributed by atoms with Crippen molar-refractivity contribution >= 4 is 35.0 Å². The van der Waals surface area contributed by atoms with Crippen LogP contribution < -0.4 is 16.0 Å². The number of nitrogens with one attached hydrogen (secondary N) is 1. The van der Waals surface area contributed by atoms with Crippen LogP contribution in [0.2, 0.25) is 10.0 Å². The number of halogens is 4. The van der Waals surface area contributed by atoms with Gasteiger partial charge in [-0.25, -0.2) is 13.6 Å². The molecular weight excluding hydrogens is 571 g/mol. The summed E-state index contributed by atoms with van der Waals surface area (Å²) < 4.78 is 39.2. The van der Waals surface area contributed by atoms with Crippen LogP contribution in [0.4, 0.5) is 8.78 Å². The van der Waals surface area contributed by atoms with Gasteiger partial charge in [0.2, 0.25) is 0 Å². The van der Waals surface area contributed by atoms with Gasteiger partial charge in [-0.1, -0.05) is 73.5 Å². The maximum Gasteiger partial charge on any atom is 0.349 e. The molecule has 3 aromatic rings. The molecule has 4 rings (SSSR count). The zero-order chi connectivity index (χ0) is 28.1. The number of aromatic amines is 1. The summed E-state index contributed by atoms with van der Waals surface area (Å²) in [6, 6.07) is 12.4. The summed E-state index contributed by atoms with van der Waals surface area (Å²) in [4.78, 5) is 26.5. The van der Waals surface area contributed by atoms with Crippen LogP contribution in [0.15, 0.2) is 86.7 Å². The monoisotopic (exact) mass is 593 g/mol. The number of hydrogen-bond acceptors (Lipinski definition) is 6. The summed E-state index contributed by atoms with van der Waals surface area (Å²) in [5.74, 6) is 1.95. The highest BCUT2D eigenvalue weighted by Crippen LogP contribution is 2.39. The lowest BCUT2D eigenvalue weighted by Gasteiger charge is -2.17. The first-order valence-corrected chi connectivity index (χ1v) is 13.5. The zero-order valence-electron chi connectivity index (χ0n) is 20.8. The number of rotatable bonds is 9. The maximum absolute atomic E-state index is 13.2. The highest BCUT2D eigenvalue weighted by Gasteiger charge is 2.22. The molecule has 0 amide bonds. The molecule has 0 radical (unpaired) electrons. The van der Waals surface area contributed by atoms with Gasteiger partial charge in [0.05, 0.1) is 20.6 Å². The second kappa shape index (κ2) is 12.7. The van der Waals surface area contributed by atoms with Crippen LogP contribution >= 0.6 is 35.0 Å². The molecule has 0 saturated carbocycles. The van der Waals surface area contributed by atoms with Crippen molar-refractivity contribution in [3.8, 4) is 11.4 Å². The minimum Gasteiger partial charge on any atom is -0.488 e. The van der Waals surface area contributed by atoms with Gasteiger partial charge in [0.1, 0.15) is 18.1 Å². The maximum atomic E-state index is 13.2. The van der Waals surface area contributed by atoms with Gasteiger partial charge in [-0.2, -0.15) is 9.78 Å². The molecule has 1 aliphatic carbocycles. The van der Waals surface area contributed by atoms with Crippen LogP contribution in [0.1, 0.15) is 31.5 Å². The molecule has 12 heteroatoms. The second-order valence-corrected chi connectivity index (χ2v) is 10.4. The van der Waals surface area contributed by atoms with Crippen molar-refractivity contribution in [2.24, 2.45) is 5.92 Å². The van der Waals surface area contributed by atoms with Crippen LogP contribution in [0, 0.1) is 5.92 Å². The van der Waals surface area contributed by atoms with E-state index in [9.17, 15) is 18.4 Å². The van der Waals surface area contributed by atoms with Crippen LogP contribution in [0.25, 0.3) is 5.69 Å². The summed E-state index contributed by atoms with van der Waals surface area (Å²) in [7, 11) is 0. The predicted octanol–water partition coefficient (Wildman–Crippen LogP) is 6.82. The van der Waals surface area contributed by atoms with Crippen molar-refractivity contribution in [2.45, 2.75) is 26.9 Å². The molecule has 0 fully saturated rings.